The predicted octanol–water partition coefficient (Wildman–Crippen LogP) is 3.13. The van der Waals surface area contributed by atoms with E-state index in [2.05, 4.69) is 22.5 Å². The highest BCUT2D eigenvalue weighted by molar-refractivity contribution is 7.94. The van der Waals surface area contributed by atoms with Crippen molar-refractivity contribution in [3.8, 4) is 0 Å². The number of aldehydes is 1. The first kappa shape index (κ1) is 60.5. The van der Waals surface area contributed by atoms with Gasteiger partial charge in [0.05, 0.1) is 86.4 Å². The Morgan fingerprint density at radius 1 is 0.900 bits per heavy atom. The SMILES string of the molecule is C=CS(=O)(=O)CCOCCOCCS(=O)(=O)CCN[C@H]1CCC(CC(=O)N[C@H](C(=O)N(C)[C@@H]([C@@H](C)CC)[C@@H](CC(=O)N2CCC[C@H]2[C@H](OC)[C@@H](C)C(=O)N[C@H](C=O)Cc2ccccc2)OC)C(C)C)C1. The molecule has 2 aliphatic rings. The summed E-state index contributed by atoms with van der Waals surface area (Å²) in [6.45, 7) is 13.8. The summed E-state index contributed by atoms with van der Waals surface area (Å²) in [5.41, 5.74) is 0.917. The van der Waals surface area contributed by atoms with E-state index < -0.39 is 62.0 Å². The molecule has 1 saturated heterocycles. The van der Waals surface area contributed by atoms with E-state index in [9.17, 15) is 40.8 Å². The minimum Gasteiger partial charge on any atom is -0.379 e. The van der Waals surface area contributed by atoms with E-state index in [0.29, 0.717) is 38.6 Å². The van der Waals surface area contributed by atoms with Crippen molar-refractivity contribution in [2.45, 2.75) is 135 Å². The number of nitrogens with zero attached hydrogens (tertiary/aromatic N) is 2. The number of hydrogen-bond acceptors (Lipinski definition) is 14. The topological polar surface area (TPSA) is 233 Å². The van der Waals surface area contributed by atoms with Gasteiger partial charge in [-0.25, -0.2) is 16.8 Å². The van der Waals surface area contributed by atoms with Gasteiger partial charge in [-0.05, 0) is 61.8 Å². The monoisotopic (exact) mass is 1030 g/mol. The number of carbonyl (C=O) groups is 5. The van der Waals surface area contributed by atoms with E-state index in [1.54, 1.807) is 23.8 Å². The van der Waals surface area contributed by atoms with Crippen LogP contribution < -0.4 is 16.0 Å². The molecule has 398 valence electrons. The highest BCUT2D eigenvalue weighted by atomic mass is 32.2. The first-order valence-corrected chi connectivity index (χ1v) is 28.4. The number of methoxy groups -OCH3 is 2. The third-order valence-electron chi connectivity index (χ3n) is 13.8. The number of benzene rings is 1. The number of nitrogens with one attached hydrogen (secondary N) is 3. The van der Waals surface area contributed by atoms with E-state index in [0.717, 1.165) is 30.1 Å². The molecule has 1 aliphatic carbocycles. The summed E-state index contributed by atoms with van der Waals surface area (Å²) in [6.07, 6.45) is 4.22. The molecular formula is C50H83N5O13S2. The number of carbonyl (C=O) groups excluding carboxylic acids is 5. The summed E-state index contributed by atoms with van der Waals surface area (Å²) in [6, 6.07) is 7.01. The third kappa shape index (κ3) is 19.7. The van der Waals surface area contributed by atoms with Gasteiger partial charge in [-0.15, -0.1) is 0 Å². The molecule has 0 radical (unpaired) electrons. The second-order valence-electron chi connectivity index (χ2n) is 19.3. The van der Waals surface area contributed by atoms with E-state index >= 15 is 0 Å². The second-order valence-corrected chi connectivity index (χ2v) is 23.6. The van der Waals surface area contributed by atoms with Crippen molar-refractivity contribution in [2.75, 3.05) is 78.0 Å². The molecule has 1 aromatic carbocycles. The van der Waals surface area contributed by atoms with Gasteiger partial charge in [0.25, 0.3) is 0 Å². The van der Waals surface area contributed by atoms with E-state index in [1.165, 1.54) is 14.2 Å². The molecule has 0 aromatic heterocycles. The number of likely N-dealkylation sites (tertiary alicyclic amines) is 1. The summed E-state index contributed by atoms with van der Waals surface area (Å²) < 4.78 is 70.5. The number of ether oxygens (including phenoxy) is 4. The van der Waals surface area contributed by atoms with Crippen molar-refractivity contribution in [1.29, 1.82) is 0 Å². The molecule has 2 fully saturated rings. The van der Waals surface area contributed by atoms with Crippen LogP contribution in [0.5, 0.6) is 0 Å². The van der Waals surface area contributed by atoms with Gasteiger partial charge in [0, 0.05) is 52.2 Å². The van der Waals surface area contributed by atoms with Crippen LogP contribution in [0.15, 0.2) is 42.3 Å². The van der Waals surface area contributed by atoms with Crippen LogP contribution in [0.1, 0.15) is 91.5 Å². The quantitative estimate of drug-likeness (QED) is 0.0666. The second kappa shape index (κ2) is 30.3. The zero-order chi connectivity index (χ0) is 52.0. The van der Waals surface area contributed by atoms with Crippen molar-refractivity contribution >= 4 is 49.6 Å². The van der Waals surface area contributed by atoms with Crippen LogP contribution in [0.3, 0.4) is 0 Å². The normalized spacial score (nSPS) is 20.5. The average molecular weight is 1030 g/mol. The minimum atomic E-state index is -3.39. The van der Waals surface area contributed by atoms with Gasteiger partial charge >= 0.3 is 0 Å². The third-order valence-corrected chi connectivity index (χ3v) is 16.7. The molecule has 20 heteroatoms. The molecule has 70 heavy (non-hydrogen) atoms. The van der Waals surface area contributed by atoms with E-state index in [-0.39, 0.29) is 110 Å². The summed E-state index contributed by atoms with van der Waals surface area (Å²) in [5.74, 6) is -2.41. The molecule has 1 unspecified atom stereocenters. The molecule has 18 nitrogen and oxygen atoms in total. The average Bonchev–Trinajstić information content (AvgIpc) is 4.01. The Balaban J connectivity index is 1.53. The molecule has 0 bridgehead atoms. The molecule has 10 atom stereocenters. The Morgan fingerprint density at radius 2 is 1.57 bits per heavy atom. The van der Waals surface area contributed by atoms with Crippen LogP contribution in [0, 0.1) is 23.7 Å². The lowest BCUT2D eigenvalue weighted by molar-refractivity contribution is -0.147. The van der Waals surface area contributed by atoms with Gasteiger partial charge in [0.2, 0.25) is 23.6 Å². The van der Waals surface area contributed by atoms with Gasteiger partial charge in [0.15, 0.2) is 19.7 Å². The maximum absolute atomic E-state index is 14.4. The summed E-state index contributed by atoms with van der Waals surface area (Å²) in [4.78, 5) is 71.2. The number of amides is 4. The molecule has 1 heterocycles. The summed E-state index contributed by atoms with van der Waals surface area (Å²) >= 11 is 0. The first-order valence-electron chi connectivity index (χ1n) is 24.9. The molecule has 3 rings (SSSR count). The molecule has 1 saturated carbocycles. The van der Waals surface area contributed by atoms with Crippen LogP contribution in [0.4, 0.5) is 0 Å². The molecular weight excluding hydrogens is 943 g/mol. The van der Waals surface area contributed by atoms with Crippen molar-refractivity contribution in [3.05, 3.63) is 47.9 Å². The fourth-order valence-electron chi connectivity index (χ4n) is 9.58. The Morgan fingerprint density at radius 3 is 2.17 bits per heavy atom. The van der Waals surface area contributed by atoms with Gasteiger partial charge in [-0.1, -0.05) is 78.0 Å². The molecule has 4 amide bonds. The standard InChI is InChI=1S/C50H83N5O13S2/c1-10-36(5)47(43(65-8)33-45(58)55-22-15-18-42(55)48(66-9)37(6)49(59)52-41(34-56)30-38-16-13-12-14-17-38)54(7)50(60)46(35(3)4)53-44(57)32-39-19-20-40(31-39)51-21-27-70(63,64)29-26-68-24-23-67-25-28-69(61,62)11-2/h11-14,16-17,34-37,39-43,46-48,51H,2,10,15,18-33H2,1,3-9H3,(H,52,59)(H,53,57)/t36-,37+,39?,40-,41-,42-,43+,46-,47-,48+/m0/s1. The van der Waals surface area contributed by atoms with Gasteiger partial charge in [-0.3, -0.25) is 19.2 Å². The van der Waals surface area contributed by atoms with Crippen LogP contribution in [0.25, 0.3) is 0 Å². The lowest BCUT2D eigenvalue weighted by Gasteiger charge is -2.41. The lowest BCUT2D eigenvalue weighted by atomic mass is 9.89. The van der Waals surface area contributed by atoms with Crippen LogP contribution in [-0.4, -0.2) is 177 Å². The summed E-state index contributed by atoms with van der Waals surface area (Å²) in [5, 5.41) is 10.1. The highest BCUT2D eigenvalue weighted by Gasteiger charge is 2.43. The van der Waals surface area contributed by atoms with Crippen LogP contribution >= 0.6 is 0 Å². The zero-order valence-corrected chi connectivity index (χ0v) is 44.5. The minimum absolute atomic E-state index is 0.00126. The van der Waals surface area contributed by atoms with Crippen molar-refractivity contribution in [1.82, 2.24) is 25.8 Å². The Kier molecular flexibility index (Phi) is 26.2. The van der Waals surface area contributed by atoms with Gasteiger partial charge in [0.1, 0.15) is 12.3 Å². The van der Waals surface area contributed by atoms with Crippen molar-refractivity contribution in [3.63, 3.8) is 0 Å². The summed E-state index contributed by atoms with van der Waals surface area (Å²) in [7, 11) is -1.98. The van der Waals surface area contributed by atoms with E-state index in [4.69, 9.17) is 18.9 Å². The zero-order valence-electron chi connectivity index (χ0n) is 42.8. The number of likely N-dealkylation sites (N-methyl/N-ethyl adjacent to an activating group) is 1. The maximum atomic E-state index is 14.4. The van der Waals surface area contributed by atoms with Gasteiger partial charge in [-0.2, -0.15) is 0 Å². The van der Waals surface area contributed by atoms with E-state index in [1.807, 2.05) is 58.0 Å². The predicted molar refractivity (Wildman–Crippen MR) is 269 cm³/mol. The highest BCUT2D eigenvalue weighted by Crippen LogP contribution is 2.31. The lowest BCUT2D eigenvalue weighted by Crippen LogP contribution is -2.58. The maximum Gasteiger partial charge on any atom is 0.245 e. The number of rotatable bonds is 34. The fraction of sp³-hybridized carbons (Fsp3) is 0.740. The Bertz CT molecular complexity index is 2030. The Hall–Kier alpha value is -3.79. The van der Waals surface area contributed by atoms with Crippen molar-refractivity contribution < 1.29 is 59.8 Å². The first-order chi connectivity index (χ1) is 33.2. The largest absolute Gasteiger partial charge is 0.379 e. The smallest absolute Gasteiger partial charge is 0.245 e. The fourth-order valence-corrected chi connectivity index (χ4v) is 11.1. The number of hydrogen-bond donors (Lipinski definition) is 3. The molecule has 3 N–H and O–H groups in total. The van der Waals surface area contributed by atoms with Gasteiger partial charge < -0.3 is 49.5 Å². The molecule has 1 aliphatic heterocycles. The molecule has 0 spiro atoms. The van der Waals surface area contributed by atoms with Crippen LogP contribution in [-0.2, 0) is 69.0 Å². The molecule has 1 aromatic rings. The van der Waals surface area contributed by atoms with Crippen molar-refractivity contribution in [2.24, 2.45) is 23.7 Å². The van der Waals surface area contributed by atoms with Crippen LogP contribution in [0.2, 0.25) is 0 Å². The Labute approximate surface area is 417 Å². The number of sulfone groups is 2.